The normalized spacial score (nSPS) is 11.3. The van der Waals surface area contributed by atoms with Gasteiger partial charge in [0.25, 0.3) is 0 Å². The molecule has 2 N–H and O–H groups in total. The molecule has 124 valence electrons. The average Bonchev–Trinajstić information content (AvgIpc) is 2.82. The summed E-state index contributed by atoms with van der Waals surface area (Å²) in [6, 6.07) is 3.74. The Bertz CT molecular complexity index is 723. The van der Waals surface area contributed by atoms with E-state index in [-0.39, 0.29) is 17.1 Å². The molecule has 3 nitrogen and oxygen atoms in total. The van der Waals surface area contributed by atoms with Gasteiger partial charge in [-0.15, -0.1) is 17.9 Å². The molecule has 0 saturated carbocycles. The molecule has 23 heavy (non-hydrogen) atoms. The SMILES string of the molecule is C=CCc1sc(NC)c(-c2cccc(C(F)(F)F)c2OC)c1O. The number of hydrogen-bond donors (Lipinski definition) is 2. The van der Waals surface area contributed by atoms with Gasteiger partial charge in [0, 0.05) is 19.0 Å². The number of aromatic hydroxyl groups is 1. The summed E-state index contributed by atoms with van der Waals surface area (Å²) in [6.07, 6.45) is -2.50. The average molecular weight is 343 g/mol. The molecule has 1 heterocycles. The van der Waals surface area contributed by atoms with Crippen LogP contribution in [-0.4, -0.2) is 19.3 Å². The highest BCUT2D eigenvalue weighted by molar-refractivity contribution is 7.17. The van der Waals surface area contributed by atoms with Gasteiger partial charge in [-0.3, -0.25) is 0 Å². The van der Waals surface area contributed by atoms with Gasteiger partial charge in [-0.25, -0.2) is 0 Å². The van der Waals surface area contributed by atoms with Crippen LogP contribution in [-0.2, 0) is 12.6 Å². The van der Waals surface area contributed by atoms with E-state index in [4.69, 9.17) is 4.74 Å². The Balaban J connectivity index is 2.74. The van der Waals surface area contributed by atoms with Gasteiger partial charge in [-0.05, 0) is 6.07 Å². The van der Waals surface area contributed by atoms with Crippen LogP contribution < -0.4 is 10.1 Å². The molecule has 0 unspecified atom stereocenters. The maximum Gasteiger partial charge on any atom is 0.419 e. The Labute approximate surface area is 136 Å². The Morgan fingerprint density at radius 3 is 2.61 bits per heavy atom. The van der Waals surface area contributed by atoms with Crippen LogP contribution in [0.5, 0.6) is 11.5 Å². The second kappa shape index (κ2) is 6.54. The molecule has 0 radical (unpaired) electrons. The maximum atomic E-state index is 13.2. The number of thiophene rings is 1. The molecule has 0 atom stereocenters. The van der Waals surface area contributed by atoms with Gasteiger partial charge in [0.05, 0.1) is 23.1 Å². The first kappa shape index (κ1) is 17.2. The zero-order valence-corrected chi connectivity index (χ0v) is 13.4. The summed E-state index contributed by atoms with van der Waals surface area (Å²) in [6.45, 7) is 3.62. The van der Waals surface area contributed by atoms with Crippen molar-refractivity contribution in [2.75, 3.05) is 19.5 Å². The highest BCUT2D eigenvalue weighted by Crippen LogP contribution is 2.51. The largest absolute Gasteiger partial charge is 0.506 e. The summed E-state index contributed by atoms with van der Waals surface area (Å²) in [5, 5.41) is 13.9. The summed E-state index contributed by atoms with van der Waals surface area (Å²) in [5.74, 6) is -0.369. The van der Waals surface area contributed by atoms with E-state index >= 15 is 0 Å². The minimum atomic E-state index is -4.54. The fourth-order valence-corrected chi connectivity index (χ4v) is 3.40. The van der Waals surface area contributed by atoms with Crippen LogP contribution in [0.25, 0.3) is 11.1 Å². The van der Waals surface area contributed by atoms with Crippen molar-refractivity contribution in [2.24, 2.45) is 0 Å². The molecule has 0 saturated heterocycles. The van der Waals surface area contributed by atoms with Crippen LogP contribution in [0.1, 0.15) is 10.4 Å². The Morgan fingerprint density at radius 2 is 2.09 bits per heavy atom. The zero-order chi connectivity index (χ0) is 17.2. The summed E-state index contributed by atoms with van der Waals surface area (Å²) < 4.78 is 44.5. The molecule has 0 spiro atoms. The van der Waals surface area contributed by atoms with Gasteiger partial charge >= 0.3 is 6.18 Å². The standard InChI is InChI=1S/C16H16F3NO2S/c1-4-6-11-13(21)12(15(20-2)23-11)9-7-5-8-10(14(9)22-3)16(17,18)19/h4-5,7-8,20-21H,1,6H2,2-3H3. The molecule has 0 fully saturated rings. The van der Waals surface area contributed by atoms with Crippen LogP contribution in [0, 0.1) is 0 Å². The zero-order valence-electron chi connectivity index (χ0n) is 12.6. The van der Waals surface area contributed by atoms with Gasteiger partial charge < -0.3 is 15.2 Å². The molecule has 1 aromatic heterocycles. The van der Waals surface area contributed by atoms with Crippen LogP contribution in [0.4, 0.5) is 18.2 Å². The molecular formula is C16H16F3NO2S. The van der Waals surface area contributed by atoms with E-state index in [0.717, 1.165) is 6.07 Å². The molecule has 0 bridgehead atoms. The Morgan fingerprint density at radius 1 is 1.39 bits per heavy atom. The van der Waals surface area contributed by atoms with Crippen molar-refractivity contribution in [3.8, 4) is 22.6 Å². The molecule has 2 aromatic rings. The molecule has 7 heteroatoms. The number of para-hydroxylation sites is 1. The molecule has 2 rings (SSSR count). The molecular weight excluding hydrogens is 327 g/mol. The van der Waals surface area contributed by atoms with E-state index in [1.165, 1.54) is 30.6 Å². The summed E-state index contributed by atoms with van der Waals surface area (Å²) >= 11 is 1.27. The fourth-order valence-electron chi connectivity index (χ4n) is 2.34. The van der Waals surface area contributed by atoms with Crippen molar-refractivity contribution in [2.45, 2.75) is 12.6 Å². The third kappa shape index (κ3) is 3.14. The van der Waals surface area contributed by atoms with E-state index < -0.39 is 11.7 Å². The molecule has 0 aliphatic heterocycles. The summed E-state index contributed by atoms with van der Waals surface area (Å²) in [7, 11) is 2.83. The highest BCUT2D eigenvalue weighted by atomic mass is 32.1. The van der Waals surface area contributed by atoms with Gasteiger partial charge in [-0.1, -0.05) is 18.2 Å². The number of alkyl halides is 3. The van der Waals surface area contributed by atoms with Crippen LogP contribution in [0.15, 0.2) is 30.9 Å². The van der Waals surface area contributed by atoms with Crippen molar-refractivity contribution in [1.29, 1.82) is 0 Å². The van der Waals surface area contributed by atoms with Gasteiger partial charge in [0.2, 0.25) is 0 Å². The number of allylic oxidation sites excluding steroid dienone is 1. The Hall–Kier alpha value is -2.15. The van der Waals surface area contributed by atoms with E-state index in [0.29, 0.717) is 21.9 Å². The summed E-state index contributed by atoms with van der Waals surface area (Å²) in [4.78, 5) is 0.624. The number of rotatable bonds is 5. The quantitative estimate of drug-likeness (QED) is 0.757. The van der Waals surface area contributed by atoms with Crippen LogP contribution in [0.3, 0.4) is 0 Å². The summed E-state index contributed by atoms with van der Waals surface area (Å²) in [5.41, 5.74) is -0.386. The lowest BCUT2D eigenvalue weighted by atomic mass is 10.0. The van der Waals surface area contributed by atoms with E-state index in [2.05, 4.69) is 11.9 Å². The maximum absolute atomic E-state index is 13.2. The number of halogens is 3. The number of benzene rings is 1. The monoisotopic (exact) mass is 343 g/mol. The molecule has 1 aromatic carbocycles. The number of ether oxygens (including phenoxy) is 1. The van der Waals surface area contributed by atoms with Crippen LogP contribution >= 0.6 is 11.3 Å². The van der Waals surface area contributed by atoms with Crippen LogP contribution in [0.2, 0.25) is 0 Å². The predicted octanol–water partition coefficient (Wildman–Crippen LogP) is 4.92. The third-order valence-corrected chi connectivity index (χ3v) is 4.52. The molecule has 0 amide bonds. The number of anilines is 1. The smallest absolute Gasteiger partial charge is 0.419 e. The first-order chi connectivity index (χ1) is 10.8. The number of methoxy groups -OCH3 is 1. The Kier molecular flexibility index (Phi) is 4.89. The molecule has 0 aliphatic carbocycles. The van der Waals surface area contributed by atoms with Crippen molar-refractivity contribution in [3.63, 3.8) is 0 Å². The topological polar surface area (TPSA) is 41.5 Å². The van der Waals surface area contributed by atoms with Gasteiger partial charge in [0.1, 0.15) is 16.5 Å². The lowest BCUT2D eigenvalue weighted by Gasteiger charge is -2.16. The lowest BCUT2D eigenvalue weighted by Crippen LogP contribution is -2.08. The van der Waals surface area contributed by atoms with Crippen molar-refractivity contribution in [1.82, 2.24) is 0 Å². The van der Waals surface area contributed by atoms with E-state index in [1.54, 1.807) is 13.1 Å². The third-order valence-electron chi connectivity index (χ3n) is 3.30. The van der Waals surface area contributed by atoms with Crippen molar-refractivity contribution in [3.05, 3.63) is 41.3 Å². The molecule has 0 aliphatic rings. The number of hydrogen-bond acceptors (Lipinski definition) is 4. The first-order valence-corrected chi connectivity index (χ1v) is 7.54. The lowest BCUT2D eigenvalue weighted by molar-refractivity contribution is -0.138. The predicted molar refractivity (Wildman–Crippen MR) is 86.4 cm³/mol. The van der Waals surface area contributed by atoms with E-state index in [1.807, 2.05) is 0 Å². The minimum absolute atomic E-state index is 0.0584. The fraction of sp³-hybridized carbons (Fsp3) is 0.250. The van der Waals surface area contributed by atoms with Crippen molar-refractivity contribution >= 4 is 16.3 Å². The second-order valence-electron chi connectivity index (χ2n) is 4.70. The number of nitrogens with one attached hydrogen (secondary N) is 1. The van der Waals surface area contributed by atoms with Crippen molar-refractivity contribution < 1.29 is 23.0 Å². The first-order valence-electron chi connectivity index (χ1n) is 6.73. The highest BCUT2D eigenvalue weighted by Gasteiger charge is 2.36. The van der Waals surface area contributed by atoms with E-state index in [9.17, 15) is 18.3 Å². The van der Waals surface area contributed by atoms with Gasteiger partial charge in [-0.2, -0.15) is 13.2 Å². The van der Waals surface area contributed by atoms with Gasteiger partial charge in [0.15, 0.2) is 0 Å². The second-order valence-corrected chi connectivity index (χ2v) is 5.81. The minimum Gasteiger partial charge on any atom is -0.506 e.